The average Bonchev–Trinajstić information content (AvgIpc) is 2.80. The van der Waals surface area contributed by atoms with Crippen molar-refractivity contribution < 1.29 is 18.7 Å². The van der Waals surface area contributed by atoms with E-state index in [1.54, 1.807) is 6.07 Å². The molecule has 6 nitrogen and oxygen atoms in total. The second kappa shape index (κ2) is 8.43. The van der Waals surface area contributed by atoms with Crippen LogP contribution in [-0.4, -0.2) is 37.0 Å². The number of hydrogen-bond donors (Lipinski definition) is 0. The molecule has 0 aliphatic carbocycles. The number of ether oxygens (including phenoxy) is 2. The molecule has 1 saturated heterocycles. The third kappa shape index (κ3) is 4.02. The molecule has 3 aromatic rings. The third-order valence-electron chi connectivity index (χ3n) is 6.62. The molecule has 2 aliphatic rings. The van der Waals surface area contributed by atoms with Crippen molar-refractivity contribution in [2.24, 2.45) is 5.92 Å². The Morgan fingerprint density at radius 2 is 1.69 bits per heavy atom. The van der Waals surface area contributed by atoms with Crippen LogP contribution in [-0.2, 0) is 6.54 Å². The lowest BCUT2D eigenvalue weighted by atomic mass is 9.88. The number of benzene rings is 2. The molecule has 1 aromatic heterocycles. The fourth-order valence-corrected chi connectivity index (χ4v) is 4.64. The molecule has 5 rings (SSSR count). The van der Waals surface area contributed by atoms with Crippen molar-refractivity contribution in [3.63, 3.8) is 0 Å². The maximum Gasteiger partial charge on any atom is 0.336 e. The molecule has 32 heavy (non-hydrogen) atoms. The number of piperidine rings is 1. The first-order valence-corrected chi connectivity index (χ1v) is 11.2. The highest BCUT2D eigenvalue weighted by Crippen LogP contribution is 2.33. The summed E-state index contributed by atoms with van der Waals surface area (Å²) in [6.07, 6.45) is 1.59. The van der Waals surface area contributed by atoms with E-state index in [1.165, 1.54) is 5.56 Å². The molecular weight excluding hydrogens is 406 g/mol. The normalized spacial score (nSPS) is 16.9. The molecule has 2 aliphatic heterocycles. The van der Waals surface area contributed by atoms with Crippen LogP contribution in [0, 0.1) is 19.8 Å². The minimum absolute atomic E-state index is 0.00344. The Hall–Kier alpha value is -3.12. The minimum Gasteiger partial charge on any atom is -0.486 e. The van der Waals surface area contributed by atoms with Crippen LogP contribution in [0.2, 0.25) is 0 Å². The van der Waals surface area contributed by atoms with Crippen molar-refractivity contribution >= 4 is 16.8 Å². The highest BCUT2D eigenvalue weighted by atomic mass is 16.6. The van der Waals surface area contributed by atoms with Gasteiger partial charge in [0.1, 0.15) is 18.8 Å². The predicted octanol–water partition coefficient (Wildman–Crippen LogP) is 4.28. The summed E-state index contributed by atoms with van der Waals surface area (Å²) in [4.78, 5) is 27.5. The number of carbonyl (C=O) groups excluding carboxylic acids is 1. The zero-order valence-corrected chi connectivity index (χ0v) is 18.5. The maximum absolute atomic E-state index is 13.1. The summed E-state index contributed by atoms with van der Waals surface area (Å²) in [6, 6.07) is 11.1. The lowest BCUT2D eigenvalue weighted by molar-refractivity contribution is 0.0834. The van der Waals surface area contributed by atoms with Crippen molar-refractivity contribution in [3.05, 3.63) is 69.1 Å². The zero-order valence-electron chi connectivity index (χ0n) is 18.5. The van der Waals surface area contributed by atoms with Gasteiger partial charge >= 0.3 is 5.63 Å². The SMILES string of the molecule is Cc1cc2oc(=O)cc(CN3CCC(C(=O)c4ccc5c(c4)OCCO5)CC3)c2cc1C. The number of ketones is 1. The Labute approximate surface area is 186 Å². The van der Waals surface area contributed by atoms with E-state index in [1.807, 2.05) is 31.2 Å². The van der Waals surface area contributed by atoms with Crippen LogP contribution in [0.3, 0.4) is 0 Å². The summed E-state index contributed by atoms with van der Waals surface area (Å²) in [6.45, 7) is 7.44. The number of rotatable bonds is 4. The summed E-state index contributed by atoms with van der Waals surface area (Å²) >= 11 is 0. The lowest BCUT2D eigenvalue weighted by Gasteiger charge is -2.31. The Morgan fingerprint density at radius 3 is 2.47 bits per heavy atom. The number of nitrogens with zero attached hydrogens (tertiary/aromatic N) is 1. The summed E-state index contributed by atoms with van der Waals surface area (Å²) in [5.74, 6) is 1.52. The molecule has 0 N–H and O–H groups in total. The first kappa shape index (κ1) is 20.8. The molecule has 0 atom stereocenters. The average molecular weight is 434 g/mol. The van der Waals surface area contributed by atoms with Crippen molar-refractivity contribution in [1.82, 2.24) is 4.90 Å². The van der Waals surface area contributed by atoms with Crippen LogP contribution in [0.15, 0.2) is 45.6 Å². The number of likely N-dealkylation sites (tertiary alicyclic amines) is 1. The molecular formula is C26H27NO5. The van der Waals surface area contributed by atoms with Gasteiger partial charge in [-0.1, -0.05) is 0 Å². The summed E-state index contributed by atoms with van der Waals surface area (Å²) in [5, 5.41) is 0.988. The largest absolute Gasteiger partial charge is 0.486 e. The van der Waals surface area contributed by atoms with Gasteiger partial charge in [0.15, 0.2) is 17.3 Å². The van der Waals surface area contributed by atoms with E-state index < -0.39 is 0 Å². The highest BCUT2D eigenvalue weighted by Gasteiger charge is 2.27. The first-order chi connectivity index (χ1) is 15.5. The van der Waals surface area contributed by atoms with Crippen LogP contribution < -0.4 is 15.1 Å². The Balaban J connectivity index is 1.28. The molecule has 1 fully saturated rings. The number of hydrogen-bond acceptors (Lipinski definition) is 6. The number of aryl methyl sites for hydroxylation is 2. The van der Waals surface area contributed by atoms with Gasteiger partial charge in [-0.3, -0.25) is 9.69 Å². The van der Waals surface area contributed by atoms with Crippen LogP contribution in [0.25, 0.3) is 11.0 Å². The predicted molar refractivity (Wildman–Crippen MR) is 122 cm³/mol. The van der Waals surface area contributed by atoms with E-state index in [-0.39, 0.29) is 17.3 Å². The fraction of sp³-hybridized carbons (Fsp3) is 0.385. The highest BCUT2D eigenvalue weighted by molar-refractivity contribution is 5.98. The first-order valence-electron chi connectivity index (χ1n) is 11.2. The quantitative estimate of drug-likeness (QED) is 0.452. The fourth-order valence-electron chi connectivity index (χ4n) is 4.64. The Bertz CT molecular complexity index is 1240. The zero-order chi connectivity index (χ0) is 22.2. The van der Waals surface area contributed by atoms with E-state index in [0.29, 0.717) is 42.4 Å². The van der Waals surface area contributed by atoms with Gasteiger partial charge in [-0.2, -0.15) is 0 Å². The van der Waals surface area contributed by atoms with Gasteiger partial charge in [0.05, 0.1) is 0 Å². The van der Waals surface area contributed by atoms with Gasteiger partial charge in [0.25, 0.3) is 0 Å². The second-order valence-corrected chi connectivity index (χ2v) is 8.80. The van der Waals surface area contributed by atoms with Gasteiger partial charge in [-0.05, 0) is 86.8 Å². The third-order valence-corrected chi connectivity index (χ3v) is 6.62. The molecule has 6 heteroatoms. The van der Waals surface area contributed by atoms with E-state index >= 15 is 0 Å². The van der Waals surface area contributed by atoms with Gasteiger partial charge in [0.2, 0.25) is 0 Å². The number of carbonyl (C=O) groups is 1. The van der Waals surface area contributed by atoms with Crippen molar-refractivity contribution in [1.29, 1.82) is 0 Å². The van der Waals surface area contributed by atoms with Gasteiger partial charge in [-0.15, -0.1) is 0 Å². The molecule has 0 amide bonds. The number of Topliss-reactive ketones (excluding diaryl/α,β-unsaturated/α-hetero) is 1. The van der Waals surface area contributed by atoms with Crippen molar-refractivity contribution in [2.45, 2.75) is 33.2 Å². The van der Waals surface area contributed by atoms with Crippen LogP contribution >= 0.6 is 0 Å². The molecule has 0 unspecified atom stereocenters. The minimum atomic E-state index is -0.320. The van der Waals surface area contributed by atoms with Crippen LogP contribution in [0.4, 0.5) is 0 Å². The Morgan fingerprint density at radius 1 is 0.969 bits per heavy atom. The van der Waals surface area contributed by atoms with Crippen molar-refractivity contribution in [3.8, 4) is 11.5 Å². The maximum atomic E-state index is 13.1. The van der Waals surface area contributed by atoms with Crippen molar-refractivity contribution in [2.75, 3.05) is 26.3 Å². The lowest BCUT2D eigenvalue weighted by Crippen LogP contribution is -2.36. The molecule has 0 bridgehead atoms. The topological polar surface area (TPSA) is 69.0 Å². The molecule has 0 spiro atoms. The monoisotopic (exact) mass is 433 g/mol. The van der Waals surface area contributed by atoms with Gasteiger partial charge in [-0.25, -0.2) is 4.79 Å². The van der Waals surface area contributed by atoms with Crippen LogP contribution in [0.5, 0.6) is 11.5 Å². The molecule has 166 valence electrons. The molecule has 2 aromatic carbocycles. The van der Waals surface area contributed by atoms with E-state index in [9.17, 15) is 9.59 Å². The van der Waals surface area contributed by atoms with Gasteiger partial charge in [0, 0.05) is 29.5 Å². The molecule has 0 radical (unpaired) electrons. The number of fused-ring (bicyclic) bond motifs is 2. The molecule has 0 saturated carbocycles. The van der Waals surface area contributed by atoms with E-state index in [2.05, 4.69) is 17.9 Å². The van der Waals surface area contributed by atoms with E-state index in [0.717, 1.165) is 42.4 Å². The summed E-state index contributed by atoms with van der Waals surface area (Å²) in [5.41, 5.74) is 4.27. The van der Waals surface area contributed by atoms with Gasteiger partial charge < -0.3 is 13.9 Å². The van der Waals surface area contributed by atoms with E-state index in [4.69, 9.17) is 13.9 Å². The smallest absolute Gasteiger partial charge is 0.336 e. The standard InChI is InChI=1S/C26H27NO5/c1-16-11-21-20(14-25(28)32-23(21)12-17(16)2)15-27-7-5-18(6-8-27)26(29)19-3-4-22-24(13-19)31-10-9-30-22/h3-4,11-14,18H,5-10,15H2,1-2H3. The van der Waals surface area contributed by atoms with Crippen LogP contribution in [0.1, 0.15) is 39.9 Å². The molecule has 3 heterocycles. The summed E-state index contributed by atoms with van der Waals surface area (Å²) < 4.78 is 16.6. The Kier molecular flexibility index (Phi) is 5.47. The second-order valence-electron chi connectivity index (χ2n) is 8.80. The summed E-state index contributed by atoms with van der Waals surface area (Å²) in [7, 11) is 0.